The minimum atomic E-state index is -0.345. The van der Waals surface area contributed by atoms with Gasteiger partial charge in [-0.05, 0) is 46.1 Å². The Morgan fingerprint density at radius 2 is 2.04 bits per heavy atom. The van der Waals surface area contributed by atoms with E-state index in [1.165, 1.54) is 20.7 Å². The van der Waals surface area contributed by atoms with Gasteiger partial charge >= 0.3 is 5.69 Å². The zero-order chi connectivity index (χ0) is 16.9. The fraction of sp³-hybridized carbons (Fsp3) is 0.200. The summed E-state index contributed by atoms with van der Waals surface area (Å²) in [5.74, 6) is -0.166. The van der Waals surface area contributed by atoms with E-state index in [0.717, 1.165) is 0 Å². The fourth-order valence-corrected chi connectivity index (χ4v) is 2.66. The van der Waals surface area contributed by atoms with E-state index < -0.39 is 0 Å². The normalized spacial score (nSPS) is 10.7. The van der Waals surface area contributed by atoms with Crippen LogP contribution >= 0.6 is 11.3 Å². The van der Waals surface area contributed by atoms with Gasteiger partial charge in [0.1, 0.15) is 0 Å². The molecule has 0 unspecified atom stereocenters. The smallest absolute Gasteiger partial charge is 0.368 e. The first-order chi connectivity index (χ1) is 11.7. The molecule has 9 heteroatoms. The Kier molecular flexibility index (Phi) is 4.82. The molecule has 0 bridgehead atoms. The number of nitrogens with zero attached hydrogens (tertiary/aromatic N) is 4. The topological polar surface area (TPSA) is 91.0 Å². The molecule has 1 amide bonds. The van der Waals surface area contributed by atoms with E-state index in [0.29, 0.717) is 29.4 Å². The molecule has 2 aromatic heterocycles. The van der Waals surface area contributed by atoms with Crippen LogP contribution in [0, 0.1) is 0 Å². The number of tetrazole rings is 1. The third-order valence-electron chi connectivity index (χ3n) is 3.26. The average molecular weight is 345 g/mol. The maximum Gasteiger partial charge on any atom is 0.368 e. The maximum atomic E-state index is 12.2. The quantitative estimate of drug-likeness (QED) is 0.729. The summed E-state index contributed by atoms with van der Waals surface area (Å²) in [6.45, 7) is 0.719. The lowest BCUT2D eigenvalue weighted by molar-refractivity contribution is 0.103. The highest BCUT2D eigenvalue weighted by atomic mass is 32.1. The number of thiophene rings is 1. The number of rotatable bonds is 6. The number of amides is 1. The highest BCUT2D eigenvalue weighted by Gasteiger charge is 2.10. The van der Waals surface area contributed by atoms with Gasteiger partial charge in [0, 0.05) is 12.8 Å². The molecule has 1 aromatic carbocycles. The molecule has 0 radical (unpaired) electrons. The van der Waals surface area contributed by atoms with E-state index in [2.05, 4.69) is 15.7 Å². The molecule has 1 N–H and O–H groups in total. The predicted octanol–water partition coefficient (Wildman–Crippen LogP) is 1.39. The van der Waals surface area contributed by atoms with E-state index in [1.807, 2.05) is 11.4 Å². The van der Waals surface area contributed by atoms with Crippen LogP contribution in [0.1, 0.15) is 9.67 Å². The molecule has 0 fully saturated rings. The Bertz CT molecular complexity index is 867. The van der Waals surface area contributed by atoms with Crippen molar-refractivity contribution < 1.29 is 9.53 Å². The maximum absolute atomic E-state index is 12.2. The summed E-state index contributed by atoms with van der Waals surface area (Å²) >= 11 is 1.37. The highest BCUT2D eigenvalue weighted by molar-refractivity contribution is 7.12. The molecule has 0 atom stereocenters. The predicted molar refractivity (Wildman–Crippen MR) is 89.8 cm³/mol. The molecule has 2 heterocycles. The molecule has 0 spiro atoms. The van der Waals surface area contributed by atoms with Gasteiger partial charge in [-0.15, -0.1) is 11.3 Å². The standard InChI is InChI=1S/C15H15N5O3S/c1-23-9-8-19-15(22)20(18-17-19)12-6-4-11(5-7-12)16-14(21)13-3-2-10-24-13/h2-7,10H,8-9H2,1H3,(H,16,21). The second kappa shape index (κ2) is 7.20. The molecule has 0 aliphatic carbocycles. The van der Waals surface area contributed by atoms with Crippen LogP contribution in [0.15, 0.2) is 46.6 Å². The van der Waals surface area contributed by atoms with Crippen LogP contribution < -0.4 is 11.0 Å². The Balaban J connectivity index is 1.74. The van der Waals surface area contributed by atoms with Crippen molar-refractivity contribution in [1.29, 1.82) is 0 Å². The lowest BCUT2D eigenvalue weighted by Crippen LogP contribution is -2.25. The molecule has 124 valence electrons. The van der Waals surface area contributed by atoms with Crippen molar-refractivity contribution in [2.24, 2.45) is 0 Å². The SMILES string of the molecule is COCCn1nnn(-c2ccc(NC(=O)c3cccs3)cc2)c1=O. The van der Waals surface area contributed by atoms with Gasteiger partial charge in [-0.1, -0.05) is 6.07 Å². The molecule has 8 nitrogen and oxygen atoms in total. The van der Waals surface area contributed by atoms with Gasteiger partial charge < -0.3 is 10.1 Å². The van der Waals surface area contributed by atoms with Crippen molar-refractivity contribution in [2.75, 3.05) is 19.0 Å². The molecule has 0 aliphatic heterocycles. The second-order valence-electron chi connectivity index (χ2n) is 4.87. The van der Waals surface area contributed by atoms with E-state index in [-0.39, 0.29) is 11.6 Å². The molecular formula is C15H15N5O3S. The van der Waals surface area contributed by atoms with Crippen LogP contribution in [0.2, 0.25) is 0 Å². The Hall–Kier alpha value is -2.78. The Morgan fingerprint density at radius 1 is 1.25 bits per heavy atom. The fourth-order valence-electron chi connectivity index (χ4n) is 2.04. The van der Waals surface area contributed by atoms with Crippen LogP contribution in [0.3, 0.4) is 0 Å². The summed E-state index contributed by atoms with van der Waals surface area (Å²) in [7, 11) is 1.55. The number of hydrogen-bond acceptors (Lipinski definition) is 6. The van der Waals surface area contributed by atoms with Gasteiger partial charge in [0.15, 0.2) is 0 Å². The lowest BCUT2D eigenvalue weighted by Gasteiger charge is -2.04. The van der Waals surface area contributed by atoms with Crippen molar-refractivity contribution in [3.63, 3.8) is 0 Å². The number of anilines is 1. The van der Waals surface area contributed by atoms with Crippen molar-refractivity contribution in [2.45, 2.75) is 6.54 Å². The van der Waals surface area contributed by atoms with Gasteiger partial charge in [-0.2, -0.15) is 9.36 Å². The van der Waals surface area contributed by atoms with Crippen LogP contribution in [0.5, 0.6) is 0 Å². The molecule has 0 saturated carbocycles. The van der Waals surface area contributed by atoms with Crippen LogP contribution in [0.4, 0.5) is 5.69 Å². The summed E-state index contributed by atoms with van der Waals surface area (Å²) in [6, 6.07) is 10.4. The largest absolute Gasteiger partial charge is 0.383 e. The molecule has 3 aromatic rings. The monoisotopic (exact) mass is 345 g/mol. The summed E-state index contributed by atoms with van der Waals surface area (Å²) in [5, 5.41) is 12.3. The first-order valence-electron chi connectivity index (χ1n) is 7.16. The second-order valence-corrected chi connectivity index (χ2v) is 5.82. The van der Waals surface area contributed by atoms with Crippen molar-refractivity contribution in [3.8, 4) is 5.69 Å². The number of carbonyl (C=O) groups is 1. The van der Waals surface area contributed by atoms with Gasteiger partial charge in [0.05, 0.1) is 23.7 Å². The minimum Gasteiger partial charge on any atom is -0.383 e. The van der Waals surface area contributed by atoms with Crippen molar-refractivity contribution >= 4 is 22.9 Å². The summed E-state index contributed by atoms with van der Waals surface area (Å²) in [4.78, 5) is 24.8. The number of benzene rings is 1. The van der Waals surface area contributed by atoms with Gasteiger partial charge in [0.2, 0.25) is 0 Å². The molecule has 3 rings (SSSR count). The average Bonchev–Trinajstić information content (AvgIpc) is 3.24. The summed E-state index contributed by atoms with van der Waals surface area (Å²) in [6.07, 6.45) is 0. The first kappa shape index (κ1) is 16.1. The van der Waals surface area contributed by atoms with E-state index >= 15 is 0 Å². The minimum absolute atomic E-state index is 0.166. The zero-order valence-electron chi connectivity index (χ0n) is 12.9. The highest BCUT2D eigenvalue weighted by Crippen LogP contribution is 2.15. The van der Waals surface area contributed by atoms with Crippen LogP contribution in [-0.4, -0.2) is 39.4 Å². The molecule has 0 saturated heterocycles. The van der Waals surface area contributed by atoms with Gasteiger partial charge in [-0.3, -0.25) is 4.79 Å². The van der Waals surface area contributed by atoms with Crippen LogP contribution in [0.25, 0.3) is 5.69 Å². The van der Waals surface area contributed by atoms with Crippen LogP contribution in [-0.2, 0) is 11.3 Å². The number of aromatic nitrogens is 4. The number of nitrogens with one attached hydrogen (secondary N) is 1. The van der Waals surface area contributed by atoms with E-state index in [1.54, 1.807) is 37.4 Å². The molecule has 24 heavy (non-hydrogen) atoms. The van der Waals surface area contributed by atoms with Crippen molar-refractivity contribution in [3.05, 3.63) is 57.1 Å². The van der Waals surface area contributed by atoms with Gasteiger partial charge in [0.25, 0.3) is 5.91 Å². The number of carbonyl (C=O) groups excluding carboxylic acids is 1. The van der Waals surface area contributed by atoms with Crippen molar-refractivity contribution in [1.82, 2.24) is 19.8 Å². The number of hydrogen-bond donors (Lipinski definition) is 1. The summed E-state index contributed by atoms with van der Waals surface area (Å²) in [5.41, 5.74) is 0.859. The first-order valence-corrected chi connectivity index (χ1v) is 8.04. The molecular weight excluding hydrogens is 330 g/mol. The number of methoxy groups -OCH3 is 1. The van der Waals surface area contributed by atoms with E-state index in [9.17, 15) is 9.59 Å². The third-order valence-corrected chi connectivity index (χ3v) is 4.13. The Morgan fingerprint density at radius 3 is 2.71 bits per heavy atom. The third kappa shape index (κ3) is 3.42. The number of ether oxygens (including phenoxy) is 1. The van der Waals surface area contributed by atoms with Gasteiger partial charge in [-0.25, -0.2) is 4.79 Å². The Labute approximate surface area is 141 Å². The lowest BCUT2D eigenvalue weighted by atomic mass is 10.2. The zero-order valence-corrected chi connectivity index (χ0v) is 13.7. The summed E-state index contributed by atoms with van der Waals surface area (Å²) < 4.78 is 7.35. The van der Waals surface area contributed by atoms with E-state index in [4.69, 9.17) is 4.74 Å². The molecule has 0 aliphatic rings.